The summed E-state index contributed by atoms with van der Waals surface area (Å²) in [7, 11) is 0. The van der Waals surface area contributed by atoms with Gasteiger partial charge >= 0.3 is 5.91 Å². The molecular weight excluding hydrogens is 363 g/mol. The molecule has 0 saturated carbocycles. The number of benzene rings is 1. The average Bonchev–Trinajstić information content (AvgIpc) is 3.21. The Morgan fingerprint density at radius 2 is 2.11 bits per heavy atom. The third-order valence-electron chi connectivity index (χ3n) is 4.78. The van der Waals surface area contributed by atoms with Crippen LogP contribution in [0.4, 0.5) is 4.39 Å². The van der Waals surface area contributed by atoms with E-state index in [-0.39, 0.29) is 23.0 Å². The fourth-order valence-corrected chi connectivity index (χ4v) is 3.26. The van der Waals surface area contributed by atoms with Crippen molar-refractivity contribution < 1.29 is 13.6 Å². The Bertz CT molecular complexity index is 1240. The number of fused-ring (bicyclic) bond motifs is 2. The van der Waals surface area contributed by atoms with E-state index < -0.39 is 11.7 Å². The van der Waals surface area contributed by atoms with E-state index in [0.717, 1.165) is 16.9 Å². The second-order valence-corrected chi connectivity index (χ2v) is 7.02. The van der Waals surface area contributed by atoms with Gasteiger partial charge in [0.25, 0.3) is 5.89 Å². The first kappa shape index (κ1) is 16.8. The Hall–Kier alpha value is -3.33. The molecule has 2 N–H and O–H groups in total. The van der Waals surface area contributed by atoms with Gasteiger partial charge in [-0.15, -0.1) is 0 Å². The van der Waals surface area contributed by atoms with Crippen LogP contribution in [0.25, 0.3) is 28.0 Å². The number of imidazole rings is 1. The number of oxazole rings is 1. The van der Waals surface area contributed by atoms with Gasteiger partial charge < -0.3 is 15.1 Å². The van der Waals surface area contributed by atoms with Gasteiger partial charge in [0, 0.05) is 18.7 Å². The second-order valence-electron chi connectivity index (χ2n) is 7.02. The van der Waals surface area contributed by atoms with Crippen LogP contribution in [-0.2, 0) is 0 Å². The van der Waals surface area contributed by atoms with Gasteiger partial charge in [-0.05, 0) is 37.6 Å². The van der Waals surface area contributed by atoms with Crippen molar-refractivity contribution in [1.82, 2.24) is 30.2 Å². The predicted octanol–water partition coefficient (Wildman–Crippen LogP) is 2.00. The molecule has 0 unspecified atom stereocenters. The summed E-state index contributed by atoms with van der Waals surface area (Å²) < 4.78 is 21.9. The highest BCUT2D eigenvalue weighted by molar-refractivity contribution is 5.93. The maximum atomic E-state index is 14.7. The largest absolute Gasteiger partial charge is 0.432 e. The molecule has 0 spiro atoms. The number of nitrogens with zero attached hydrogens (tertiary/aromatic N) is 4. The van der Waals surface area contributed by atoms with Crippen LogP contribution in [0.5, 0.6) is 0 Å². The van der Waals surface area contributed by atoms with E-state index >= 15 is 0 Å². The number of nitrogens with one attached hydrogen (secondary N) is 2. The van der Waals surface area contributed by atoms with Crippen LogP contribution in [0.15, 0.2) is 28.8 Å². The third kappa shape index (κ3) is 2.71. The molecule has 3 aromatic heterocycles. The molecule has 1 fully saturated rings. The molecule has 1 aliphatic heterocycles. The minimum Gasteiger partial charge on any atom is -0.432 e. The highest BCUT2D eigenvalue weighted by atomic mass is 19.1. The molecule has 1 saturated heterocycles. The molecule has 0 bridgehead atoms. The normalized spacial score (nSPS) is 14.5. The number of rotatable bonds is 3. The van der Waals surface area contributed by atoms with Gasteiger partial charge in [-0.2, -0.15) is 5.10 Å². The fraction of sp³-hybridized carbons (Fsp3) is 0.263. The van der Waals surface area contributed by atoms with Crippen LogP contribution in [-0.4, -0.2) is 44.6 Å². The first-order valence-corrected chi connectivity index (χ1v) is 8.93. The van der Waals surface area contributed by atoms with Crippen molar-refractivity contribution in [3.63, 3.8) is 0 Å². The van der Waals surface area contributed by atoms with Gasteiger partial charge in [0.15, 0.2) is 17.0 Å². The standard InChI is InChI=1S/C19H17FN6O2/c1-9-3-14(25-26-8-10(2)22-17(9)26)11-4-13(20)16-15(5-11)28-19(24-16)18(27)23-12-6-21-7-12/h3-5,8,12,21H,6-7H2,1-2H3,(H,23,27). The minimum atomic E-state index is -0.568. The van der Waals surface area contributed by atoms with Crippen LogP contribution >= 0.6 is 0 Å². The number of amides is 1. The van der Waals surface area contributed by atoms with E-state index in [1.807, 2.05) is 26.1 Å². The minimum absolute atomic E-state index is 0.0249. The summed E-state index contributed by atoms with van der Waals surface area (Å²) in [5.74, 6) is -1.17. The lowest BCUT2D eigenvalue weighted by molar-refractivity contribution is 0.0891. The molecule has 0 atom stereocenters. The van der Waals surface area contributed by atoms with Gasteiger partial charge in [-0.1, -0.05) is 0 Å². The highest BCUT2D eigenvalue weighted by Crippen LogP contribution is 2.27. The van der Waals surface area contributed by atoms with E-state index in [0.29, 0.717) is 24.3 Å². The first-order chi connectivity index (χ1) is 13.5. The molecule has 8 nitrogen and oxygen atoms in total. The summed E-state index contributed by atoms with van der Waals surface area (Å²) in [6.07, 6.45) is 1.81. The van der Waals surface area contributed by atoms with E-state index in [1.54, 1.807) is 10.6 Å². The third-order valence-corrected chi connectivity index (χ3v) is 4.78. The van der Waals surface area contributed by atoms with Crippen molar-refractivity contribution in [2.75, 3.05) is 13.1 Å². The smallest absolute Gasteiger partial charge is 0.307 e. The lowest BCUT2D eigenvalue weighted by Crippen LogP contribution is -2.56. The maximum absolute atomic E-state index is 14.7. The first-order valence-electron chi connectivity index (χ1n) is 8.93. The molecule has 1 aliphatic rings. The van der Waals surface area contributed by atoms with Crippen molar-refractivity contribution in [2.45, 2.75) is 19.9 Å². The molecular formula is C19H17FN6O2. The van der Waals surface area contributed by atoms with E-state index in [9.17, 15) is 9.18 Å². The van der Waals surface area contributed by atoms with Gasteiger partial charge in [0.2, 0.25) is 0 Å². The Morgan fingerprint density at radius 1 is 1.29 bits per heavy atom. The number of halogens is 1. The molecule has 142 valence electrons. The Kier molecular flexibility index (Phi) is 3.66. The monoisotopic (exact) mass is 380 g/mol. The lowest BCUT2D eigenvalue weighted by Gasteiger charge is -2.27. The van der Waals surface area contributed by atoms with Gasteiger partial charge in [-0.25, -0.2) is 18.9 Å². The number of hydrogen-bond acceptors (Lipinski definition) is 6. The van der Waals surface area contributed by atoms with E-state index in [1.165, 1.54) is 6.07 Å². The van der Waals surface area contributed by atoms with Crippen LogP contribution in [0.1, 0.15) is 21.9 Å². The van der Waals surface area contributed by atoms with Crippen molar-refractivity contribution in [2.24, 2.45) is 0 Å². The summed E-state index contributed by atoms with van der Waals surface area (Å²) in [6, 6.07) is 4.88. The van der Waals surface area contributed by atoms with Crippen molar-refractivity contribution in [3.8, 4) is 11.3 Å². The Labute approximate surface area is 158 Å². The van der Waals surface area contributed by atoms with E-state index in [4.69, 9.17) is 4.42 Å². The fourth-order valence-electron chi connectivity index (χ4n) is 3.26. The van der Waals surface area contributed by atoms with Gasteiger partial charge in [0.05, 0.1) is 23.6 Å². The van der Waals surface area contributed by atoms with Gasteiger partial charge in [0.1, 0.15) is 5.52 Å². The topological polar surface area (TPSA) is 97.4 Å². The van der Waals surface area contributed by atoms with Crippen molar-refractivity contribution in [3.05, 3.63) is 47.4 Å². The molecule has 9 heteroatoms. The number of carbonyl (C=O) groups excluding carboxylic acids is 1. The number of carbonyl (C=O) groups is 1. The second kappa shape index (κ2) is 6.10. The Balaban J connectivity index is 1.56. The zero-order chi connectivity index (χ0) is 19.4. The average molecular weight is 380 g/mol. The molecule has 28 heavy (non-hydrogen) atoms. The molecule has 4 heterocycles. The maximum Gasteiger partial charge on any atom is 0.307 e. The van der Waals surface area contributed by atoms with Crippen LogP contribution < -0.4 is 10.6 Å². The van der Waals surface area contributed by atoms with Crippen molar-refractivity contribution >= 4 is 22.7 Å². The molecule has 4 aromatic rings. The summed E-state index contributed by atoms with van der Waals surface area (Å²) in [5, 5.41) is 10.4. The zero-order valence-electron chi connectivity index (χ0n) is 15.3. The summed E-state index contributed by atoms with van der Waals surface area (Å²) in [6.45, 7) is 5.21. The quantitative estimate of drug-likeness (QED) is 0.564. The SMILES string of the molecule is Cc1cn2nc(-c3cc(F)c4nc(C(=O)NC5CNC5)oc4c3)cc(C)c2n1. The van der Waals surface area contributed by atoms with Gasteiger partial charge in [-0.3, -0.25) is 4.79 Å². The molecule has 1 aromatic carbocycles. The predicted molar refractivity (Wildman–Crippen MR) is 99.5 cm³/mol. The number of aryl methyl sites for hydroxylation is 2. The number of hydrogen-bond donors (Lipinski definition) is 2. The van der Waals surface area contributed by atoms with Crippen LogP contribution in [0, 0.1) is 19.7 Å². The molecule has 1 amide bonds. The number of aromatic nitrogens is 4. The highest BCUT2D eigenvalue weighted by Gasteiger charge is 2.24. The van der Waals surface area contributed by atoms with Crippen LogP contribution in [0.3, 0.4) is 0 Å². The van der Waals surface area contributed by atoms with E-state index in [2.05, 4.69) is 25.7 Å². The molecule has 0 aliphatic carbocycles. The van der Waals surface area contributed by atoms with Crippen LogP contribution in [0.2, 0.25) is 0 Å². The molecule has 5 rings (SSSR count). The lowest BCUT2D eigenvalue weighted by atomic mass is 10.1. The summed E-state index contributed by atoms with van der Waals surface area (Å²) >= 11 is 0. The molecule has 0 radical (unpaired) electrons. The zero-order valence-corrected chi connectivity index (χ0v) is 15.3. The summed E-state index contributed by atoms with van der Waals surface area (Å²) in [5.41, 5.74) is 3.86. The van der Waals surface area contributed by atoms with Crippen molar-refractivity contribution in [1.29, 1.82) is 0 Å². The Morgan fingerprint density at radius 3 is 2.86 bits per heavy atom. The summed E-state index contributed by atoms with van der Waals surface area (Å²) in [4.78, 5) is 20.7.